The van der Waals surface area contributed by atoms with Crippen molar-refractivity contribution in [2.75, 3.05) is 22.9 Å². The number of hydrogen-bond acceptors (Lipinski definition) is 5. The van der Waals surface area contributed by atoms with Crippen molar-refractivity contribution in [2.45, 2.75) is 19.4 Å². The van der Waals surface area contributed by atoms with E-state index in [9.17, 15) is 4.79 Å². The maximum Gasteiger partial charge on any atom is 0.421 e. The van der Waals surface area contributed by atoms with E-state index < -0.39 is 0 Å². The number of hydrogen-bond donors (Lipinski definition) is 0. The molecule has 2 bridgehead atoms. The highest BCUT2D eigenvalue weighted by atomic mass is 16.6. The molecule has 140 valence electrons. The van der Waals surface area contributed by atoms with Crippen molar-refractivity contribution in [3.63, 3.8) is 0 Å². The van der Waals surface area contributed by atoms with Gasteiger partial charge in [0.25, 0.3) is 0 Å². The van der Waals surface area contributed by atoms with Gasteiger partial charge in [-0.2, -0.15) is 0 Å². The van der Waals surface area contributed by atoms with Gasteiger partial charge in [0.15, 0.2) is 5.82 Å². The Morgan fingerprint density at radius 2 is 2.00 bits per heavy atom. The number of benzene rings is 1. The number of rotatable bonds is 2. The van der Waals surface area contributed by atoms with Gasteiger partial charge in [-0.3, -0.25) is 9.88 Å². The third-order valence-corrected chi connectivity index (χ3v) is 5.29. The van der Waals surface area contributed by atoms with E-state index in [0.29, 0.717) is 11.6 Å². The Morgan fingerprint density at radius 3 is 2.82 bits per heavy atom. The lowest BCUT2D eigenvalue weighted by Crippen LogP contribution is -2.47. The van der Waals surface area contributed by atoms with E-state index in [1.165, 1.54) is 0 Å². The number of amides is 1. The van der Waals surface area contributed by atoms with Crippen LogP contribution in [0.2, 0.25) is 0 Å². The molecule has 28 heavy (non-hydrogen) atoms. The average molecular weight is 372 g/mol. The highest BCUT2D eigenvalue weighted by Crippen LogP contribution is 2.40. The van der Waals surface area contributed by atoms with E-state index in [-0.39, 0.29) is 12.1 Å². The summed E-state index contributed by atoms with van der Waals surface area (Å²) in [5.41, 5.74) is 3.72. The first-order valence-electron chi connectivity index (χ1n) is 9.44. The molecule has 1 amide bonds. The minimum Gasteiger partial charge on any atom is -0.410 e. The number of carbonyl (C=O) groups is 1. The molecule has 1 fully saturated rings. The number of ether oxygens (including phenoxy) is 1. The highest BCUT2D eigenvalue weighted by Gasteiger charge is 2.41. The summed E-state index contributed by atoms with van der Waals surface area (Å²) in [5, 5.41) is 0. The van der Waals surface area contributed by atoms with Crippen molar-refractivity contribution in [3.8, 4) is 17.0 Å². The van der Waals surface area contributed by atoms with Gasteiger partial charge in [-0.05, 0) is 49.7 Å². The zero-order valence-corrected chi connectivity index (χ0v) is 15.6. The fourth-order valence-electron chi connectivity index (χ4n) is 3.95. The molecule has 0 radical (unpaired) electrons. The Kier molecular flexibility index (Phi) is 3.97. The van der Waals surface area contributed by atoms with Gasteiger partial charge in [-0.25, -0.2) is 9.78 Å². The summed E-state index contributed by atoms with van der Waals surface area (Å²) in [6, 6.07) is 17.2. The van der Waals surface area contributed by atoms with Crippen LogP contribution in [0.1, 0.15) is 12.1 Å². The van der Waals surface area contributed by atoms with Crippen molar-refractivity contribution >= 4 is 17.6 Å². The van der Waals surface area contributed by atoms with Crippen LogP contribution in [0.4, 0.5) is 16.3 Å². The van der Waals surface area contributed by atoms with Gasteiger partial charge in [0, 0.05) is 30.5 Å². The molecule has 0 spiro atoms. The Morgan fingerprint density at radius 1 is 1.14 bits per heavy atom. The van der Waals surface area contributed by atoms with Crippen LogP contribution in [-0.2, 0) is 0 Å². The SMILES string of the molecule is Cc1cc(-c2ccc3c(n2)N(C(=O)Oc2ccccc2)[C@H]2CCN3C2)ccn1. The zero-order valence-electron chi connectivity index (χ0n) is 15.6. The number of fused-ring (bicyclic) bond motifs is 4. The molecule has 2 aromatic heterocycles. The predicted octanol–water partition coefficient (Wildman–Crippen LogP) is 4.05. The van der Waals surface area contributed by atoms with Crippen LogP contribution < -0.4 is 14.5 Å². The minimum absolute atomic E-state index is 0.0747. The molecule has 2 aliphatic heterocycles. The van der Waals surface area contributed by atoms with Crippen molar-refractivity contribution in [1.29, 1.82) is 0 Å². The number of pyridine rings is 2. The van der Waals surface area contributed by atoms with E-state index in [0.717, 1.165) is 42.1 Å². The second-order valence-corrected chi connectivity index (χ2v) is 7.16. The molecule has 2 aliphatic rings. The van der Waals surface area contributed by atoms with E-state index in [1.54, 1.807) is 23.2 Å². The Labute approximate surface area is 163 Å². The molecule has 0 saturated carbocycles. The minimum atomic E-state index is -0.380. The summed E-state index contributed by atoms with van der Waals surface area (Å²) in [4.78, 5) is 26.2. The Bertz CT molecular complexity index is 1040. The number of anilines is 2. The quantitative estimate of drug-likeness (QED) is 0.679. The monoisotopic (exact) mass is 372 g/mol. The third-order valence-electron chi connectivity index (χ3n) is 5.29. The first kappa shape index (κ1) is 16.7. The summed E-state index contributed by atoms with van der Waals surface area (Å²) < 4.78 is 5.64. The topological polar surface area (TPSA) is 58.6 Å². The fourth-order valence-corrected chi connectivity index (χ4v) is 3.95. The van der Waals surface area contributed by atoms with Gasteiger partial charge in [0.2, 0.25) is 0 Å². The van der Waals surface area contributed by atoms with Gasteiger partial charge in [0.1, 0.15) is 5.75 Å². The van der Waals surface area contributed by atoms with Crippen LogP contribution in [0.5, 0.6) is 5.75 Å². The molecule has 0 unspecified atom stereocenters. The second kappa shape index (κ2) is 6.64. The lowest BCUT2D eigenvalue weighted by atomic mass is 10.1. The fraction of sp³-hybridized carbons (Fsp3) is 0.227. The molecule has 1 saturated heterocycles. The normalized spacial score (nSPS) is 17.4. The maximum absolute atomic E-state index is 13.1. The van der Waals surface area contributed by atoms with Gasteiger partial charge in [-0.15, -0.1) is 0 Å². The van der Waals surface area contributed by atoms with E-state index in [1.807, 2.05) is 43.3 Å². The van der Waals surface area contributed by atoms with E-state index in [4.69, 9.17) is 9.72 Å². The molecule has 6 nitrogen and oxygen atoms in total. The second-order valence-electron chi connectivity index (χ2n) is 7.16. The summed E-state index contributed by atoms with van der Waals surface area (Å²) in [7, 11) is 0. The Hall–Kier alpha value is -3.41. The molecule has 0 N–H and O–H groups in total. The number of para-hydroxylation sites is 1. The van der Waals surface area contributed by atoms with Crippen LogP contribution in [0.15, 0.2) is 60.8 Å². The molecule has 3 aromatic rings. The van der Waals surface area contributed by atoms with Gasteiger partial charge in [0.05, 0.1) is 17.4 Å². The van der Waals surface area contributed by atoms with Crippen molar-refractivity contribution in [2.24, 2.45) is 0 Å². The molecule has 0 aliphatic carbocycles. The Balaban J connectivity index is 1.54. The highest BCUT2D eigenvalue weighted by molar-refractivity contribution is 5.95. The standard InChI is InChI=1S/C22H20N4O2/c1-15-13-16(9-11-23-15)19-7-8-20-21(24-19)26(17-10-12-25(20)14-17)22(27)28-18-5-3-2-4-6-18/h2-9,11,13,17H,10,12,14H2,1H3/t17-/m0/s1. The number of nitrogens with zero attached hydrogens (tertiary/aromatic N) is 4. The summed E-state index contributed by atoms with van der Waals surface area (Å²) in [6.45, 7) is 3.69. The van der Waals surface area contributed by atoms with Crippen LogP contribution in [0, 0.1) is 6.92 Å². The lowest BCUT2D eigenvalue weighted by molar-refractivity contribution is 0.205. The molecular formula is C22H20N4O2. The largest absolute Gasteiger partial charge is 0.421 e. The zero-order chi connectivity index (χ0) is 19.1. The molecule has 5 rings (SSSR count). The summed E-state index contributed by atoms with van der Waals surface area (Å²) >= 11 is 0. The first-order chi connectivity index (χ1) is 13.7. The lowest BCUT2D eigenvalue weighted by Gasteiger charge is -2.35. The molecule has 6 heteroatoms. The number of carbonyl (C=O) groups excluding carboxylic acids is 1. The van der Waals surface area contributed by atoms with E-state index in [2.05, 4.69) is 16.0 Å². The smallest absolute Gasteiger partial charge is 0.410 e. The molecule has 1 aromatic carbocycles. The maximum atomic E-state index is 13.1. The van der Waals surface area contributed by atoms with Crippen molar-refractivity contribution < 1.29 is 9.53 Å². The van der Waals surface area contributed by atoms with Crippen molar-refractivity contribution in [3.05, 3.63) is 66.5 Å². The number of aromatic nitrogens is 2. The molecular weight excluding hydrogens is 352 g/mol. The van der Waals surface area contributed by atoms with Gasteiger partial charge in [-0.1, -0.05) is 18.2 Å². The third kappa shape index (κ3) is 2.87. The van der Waals surface area contributed by atoms with Crippen LogP contribution >= 0.6 is 0 Å². The van der Waals surface area contributed by atoms with Crippen LogP contribution in [0.3, 0.4) is 0 Å². The summed E-state index contributed by atoms with van der Waals surface area (Å²) in [6.07, 6.45) is 2.30. The number of aryl methyl sites for hydroxylation is 1. The first-order valence-corrected chi connectivity index (χ1v) is 9.44. The van der Waals surface area contributed by atoms with E-state index >= 15 is 0 Å². The predicted molar refractivity (Wildman–Crippen MR) is 108 cm³/mol. The average Bonchev–Trinajstić information content (AvgIpc) is 3.13. The van der Waals surface area contributed by atoms with Crippen LogP contribution in [-0.4, -0.2) is 35.2 Å². The summed E-state index contributed by atoms with van der Waals surface area (Å²) in [5.74, 6) is 1.21. The van der Waals surface area contributed by atoms with Gasteiger partial charge < -0.3 is 9.64 Å². The van der Waals surface area contributed by atoms with Gasteiger partial charge >= 0.3 is 6.09 Å². The molecule has 4 heterocycles. The van der Waals surface area contributed by atoms with Crippen LogP contribution in [0.25, 0.3) is 11.3 Å². The van der Waals surface area contributed by atoms with Crippen molar-refractivity contribution in [1.82, 2.24) is 9.97 Å². The molecule has 1 atom stereocenters.